The Labute approximate surface area is 85.2 Å². The topological polar surface area (TPSA) is 118 Å². The first-order valence-corrected chi connectivity index (χ1v) is 4.31. The second-order valence-corrected chi connectivity index (χ2v) is 2.90. The van der Waals surface area contributed by atoms with Crippen molar-refractivity contribution in [2.45, 2.75) is 0 Å². The molecule has 1 rings (SSSR count). The molecule has 0 unspecified atom stereocenters. The molecule has 0 aliphatic rings. The van der Waals surface area contributed by atoms with E-state index >= 15 is 0 Å². The smallest absolute Gasteiger partial charge is 0.320 e. The van der Waals surface area contributed by atoms with Crippen LogP contribution in [0.4, 0.5) is 5.69 Å². The van der Waals surface area contributed by atoms with Gasteiger partial charge in [-0.1, -0.05) is 0 Å². The Kier molecular flexibility index (Phi) is 3.34. The molecule has 0 fully saturated rings. The van der Waals surface area contributed by atoms with Gasteiger partial charge in [-0.15, -0.1) is 0 Å². The fourth-order valence-electron chi connectivity index (χ4n) is 1.06. The molecule has 15 heavy (non-hydrogen) atoms. The lowest BCUT2D eigenvalue weighted by molar-refractivity contribution is -0.385. The molecule has 0 radical (unpaired) electrons. The minimum absolute atomic E-state index is 0.170. The lowest BCUT2D eigenvalue weighted by atomic mass is 10.3. The highest BCUT2D eigenvalue weighted by Crippen LogP contribution is 2.15. The Balaban J connectivity index is 2.92. The molecule has 0 aliphatic heterocycles. The monoisotopic (exact) mass is 214 g/mol. The molecule has 0 aliphatic carbocycles. The van der Waals surface area contributed by atoms with Gasteiger partial charge >= 0.3 is 5.69 Å². The van der Waals surface area contributed by atoms with Crippen LogP contribution in [0.5, 0.6) is 0 Å². The largest absolute Gasteiger partial charge is 0.356 e. The van der Waals surface area contributed by atoms with Crippen LogP contribution in [0.15, 0.2) is 6.20 Å². The summed E-state index contributed by atoms with van der Waals surface area (Å²) in [6, 6.07) is 0. The van der Waals surface area contributed by atoms with Crippen LogP contribution < -0.4 is 11.1 Å². The van der Waals surface area contributed by atoms with Gasteiger partial charge in [-0.05, 0) is 0 Å². The molecule has 0 aromatic carbocycles. The van der Waals surface area contributed by atoms with Crippen LogP contribution in [-0.4, -0.2) is 33.7 Å². The minimum atomic E-state index is -0.633. The zero-order valence-corrected chi connectivity index (χ0v) is 8.27. The lowest BCUT2D eigenvalue weighted by Crippen LogP contribution is -2.54. The summed E-state index contributed by atoms with van der Waals surface area (Å²) in [6.45, 7) is 0.888. The number of nitrogens with one attached hydrogen (secondary N) is 1. The minimum Gasteiger partial charge on any atom is -0.356 e. The highest BCUT2D eigenvalue weighted by atomic mass is 16.6. The van der Waals surface area contributed by atoms with Gasteiger partial charge in [0.25, 0.3) is 5.91 Å². The molecule has 4 N–H and O–H groups in total. The number of aryl methyl sites for hydroxylation is 1. The van der Waals surface area contributed by atoms with Crippen molar-refractivity contribution in [3.63, 3.8) is 0 Å². The van der Waals surface area contributed by atoms with Crippen LogP contribution in [0.2, 0.25) is 0 Å². The molecule has 1 aromatic heterocycles. The number of hydrogen-bond acceptors (Lipinski definition) is 4. The maximum absolute atomic E-state index is 11.4. The summed E-state index contributed by atoms with van der Waals surface area (Å²) < 4.78 is 1.23. The van der Waals surface area contributed by atoms with Crippen molar-refractivity contribution in [1.29, 1.82) is 0 Å². The molecule has 0 saturated carbocycles. The SMILES string of the molecule is Cn1cc([N+](=O)[O-])c(C(=O)NCC[NH3+])n1. The third-order valence-electron chi connectivity index (χ3n) is 1.68. The van der Waals surface area contributed by atoms with Crippen molar-refractivity contribution < 1.29 is 15.5 Å². The molecular formula is C7H12N5O3+. The van der Waals surface area contributed by atoms with E-state index in [4.69, 9.17) is 0 Å². The molecule has 8 nitrogen and oxygen atoms in total. The van der Waals surface area contributed by atoms with Crippen LogP contribution in [0.25, 0.3) is 0 Å². The molecule has 0 spiro atoms. The first-order valence-electron chi connectivity index (χ1n) is 4.31. The molecule has 0 bridgehead atoms. The summed E-state index contributed by atoms with van der Waals surface area (Å²) >= 11 is 0. The van der Waals surface area contributed by atoms with Gasteiger partial charge in [-0.3, -0.25) is 19.6 Å². The quantitative estimate of drug-likeness (QED) is 0.458. The summed E-state index contributed by atoms with van der Waals surface area (Å²) in [4.78, 5) is 21.4. The normalized spacial score (nSPS) is 10.0. The maximum Gasteiger partial charge on any atom is 0.320 e. The molecule has 1 heterocycles. The van der Waals surface area contributed by atoms with E-state index in [2.05, 4.69) is 16.1 Å². The lowest BCUT2D eigenvalue weighted by Gasteiger charge is -1.97. The first kappa shape index (κ1) is 11.1. The number of quaternary nitrogens is 1. The molecule has 0 saturated heterocycles. The Morgan fingerprint density at radius 2 is 2.47 bits per heavy atom. The third kappa shape index (κ3) is 2.50. The van der Waals surface area contributed by atoms with Gasteiger partial charge < -0.3 is 11.1 Å². The number of amides is 1. The van der Waals surface area contributed by atoms with Gasteiger partial charge in [0.05, 0.1) is 18.0 Å². The molecule has 1 aromatic rings. The summed E-state index contributed by atoms with van der Waals surface area (Å²) in [6.07, 6.45) is 1.19. The van der Waals surface area contributed by atoms with Crippen molar-refractivity contribution in [3.05, 3.63) is 22.0 Å². The average molecular weight is 214 g/mol. The van der Waals surface area contributed by atoms with Crippen LogP contribution in [0.3, 0.4) is 0 Å². The fourth-order valence-corrected chi connectivity index (χ4v) is 1.06. The molecule has 1 amide bonds. The highest BCUT2D eigenvalue weighted by Gasteiger charge is 2.24. The summed E-state index contributed by atoms with van der Waals surface area (Å²) in [5.74, 6) is -0.550. The summed E-state index contributed by atoms with van der Waals surface area (Å²) in [7, 11) is 1.52. The van der Waals surface area contributed by atoms with Gasteiger partial charge in [0.1, 0.15) is 6.20 Å². The van der Waals surface area contributed by atoms with Gasteiger partial charge in [-0.2, -0.15) is 5.10 Å². The van der Waals surface area contributed by atoms with Gasteiger partial charge in [0, 0.05) is 7.05 Å². The van der Waals surface area contributed by atoms with E-state index in [0.29, 0.717) is 13.1 Å². The van der Waals surface area contributed by atoms with Gasteiger partial charge in [0.15, 0.2) is 0 Å². The van der Waals surface area contributed by atoms with E-state index in [1.807, 2.05) is 0 Å². The number of aromatic nitrogens is 2. The molecule has 82 valence electrons. The molecule has 0 atom stereocenters. The van der Waals surface area contributed by atoms with Crippen LogP contribution in [0, 0.1) is 10.1 Å². The zero-order valence-electron chi connectivity index (χ0n) is 8.27. The number of carbonyl (C=O) groups is 1. The Morgan fingerprint density at radius 1 is 1.80 bits per heavy atom. The first-order chi connectivity index (χ1) is 7.06. The average Bonchev–Trinajstić information content (AvgIpc) is 2.57. The Hall–Kier alpha value is -1.96. The van der Waals surface area contributed by atoms with Crippen LogP contribution in [-0.2, 0) is 7.05 Å². The van der Waals surface area contributed by atoms with Crippen LogP contribution >= 0.6 is 0 Å². The van der Waals surface area contributed by atoms with E-state index in [1.54, 1.807) is 0 Å². The van der Waals surface area contributed by atoms with Gasteiger partial charge in [-0.25, -0.2) is 0 Å². The summed E-state index contributed by atoms with van der Waals surface area (Å²) in [5.41, 5.74) is 3.08. The van der Waals surface area contributed by atoms with Crippen molar-refractivity contribution in [1.82, 2.24) is 15.1 Å². The van der Waals surface area contributed by atoms with E-state index in [0.717, 1.165) is 0 Å². The van der Waals surface area contributed by atoms with Crippen molar-refractivity contribution in [3.8, 4) is 0 Å². The summed E-state index contributed by atoms with van der Waals surface area (Å²) in [5, 5.41) is 16.8. The van der Waals surface area contributed by atoms with E-state index in [9.17, 15) is 14.9 Å². The Morgan fingerprint density at radius 3 is 3.00 bits per heavy atom. The van der Waals surface area contributed by atoms with Crippen molar-refractivity contribution in [2.75, 3.05) is 13.1 Å². The third-order valence-corrected chi connectivity index (χ3v) is 1.68. The van der Waals surface area contributed by atoms with Crippen molar-refractivity contribution in [2.24, 2.45) is 7.05 Å². The van der Waals surface area contributed by atoms with Gasteiger partial charge in [0.2, 0.25) is 5.69 Å². The van der Waals surface area contributed by atoms with Crippen molar-refractivity contribution >= 4 is 11.6 Å². The number of nitrogens with zero attached hydrogens (tertiary/aromatic N) is 3. The van der Waals surface area contributed by atoms with E-state index < -0.39 is 10.8 Å². The van der Waals surface area contributed by atoms with Crippen LogP contribution in [0.1, 0.15) is 10.5 Å². The maximum atomic E-state index is 11.4. The second-order valence-electron chi connectivity index (χ2n) is 2.90. The predicted octanol–water partition coefficient (Wildman–Crippen LogP) is -1.70. The highest BCUT2D eigenvalue weighted by molar-refractivity contribution is 5.95. The number of hydrogen-bond donors (Lipinski definition) is 2. The number of carbonyl (C=O) groups excluding carboxylic acids is 1. The zero-order chi connectivity index (χ0) is 11.4. The predicted molar refractivity (Wildman–Crippen MR) is 50.0 cm³/mol. The second kappa shape index (κ2) is 4.51. The number of rotatable bonds is 4. The Bertz CT molecular complexity index is 386. The number of nitro groups is 1. The van der Waals surface area contributed by atoms with E-state index in [-0.39, 0.29) is 11.4 Å². The molecule has 8 heteroatoms. The standard InChI is InChI=1S/C7H11N5O3/c1-11-4-5(12(14)15)6(10-11)7(13)9-3-2-8/h4H,2-3,8H2,1H3,(H,9,13)/p+1. The van der Waals surface area contributed by atoms with E-state index in [1.165, 1.54) is 17.9 Å². The molecular weight excluding hydrogens is 202 g/mol. The fraction of sp³-hybridized carbons (Fsp3) is 0.429.